The SMILES string of the molecule is CC1C(=O)N[C@H](c2cccs2)CN1C(=O)c1cc(-c2ccc(F)cc2)on1. The number of hydrogen-bond donors (Lipinski definition) is 1. The van der Waals surface area contributed by atoms with E-state index in [2.05, 4.69) is 10.5 Å². The summed E-state index contributed by atoms with van der Waals surface area (Å²) < 4.78 is 18.3. The summed E-state index contributed by atoms with van der Waals surface area (Å²) in [6, 6.07) is 10.2. The molecule has 3 aromatic rings. The second-order valence-corrected chi connectivity index (χ2v) is 7.27. The molecule has 1 fully saturated rings. The first kappa shape index (κ1) is 17.4. The quantitative estimate of drug-likeness (QED) is 0.751. The van der Waals surface area contributed by atoms with E-state index < -0.39 is 6.04 Å². The molecule has 1 N–H and O–H groups in total. The number of nitrogens with one attached hydrogen (secondary N) is 1. The van der Waals surface area contributed by atoms with E-state index in [9.17, 15) is 14.0 Å². The third kappa shape index (κ3) is 3.35. The number of hydrogen-bond acceptors (Lipinski definition) is 5. The van der Waals surface area contributed by atoms with Gasteiger partial charge in [0.05, 0.1) is 6.04 Å². The van der Waals surface area contributed by atoms with Crippen LogP contribution in [0, 0.1) is 5.82 Å². The van der Waals surface area contributed by atoms with E-state index in [4.69, 9.17) is 4.52 Å². The maximum absolute atomic E-state index is 13.1. The largest absolute Gasteiger partial charge is 0.355 e. The summed E-state index contributed by atoms with van der Waals surface area (Å²) in [5, 5.41) is 8.72. The lowest BCUT2D eigenvalue weighted by Crippen LogP contribution is -2.57. The van der Waals surface area contributed by atoms with Crippen LogP contribution in [-0.2, 0) is 4.79 Å². The van der Waals surface area contributed by atoms with Crippen LogP contribution in [0.3, 0.4) is 0 Å². The van der Waals surface area contributed by atoms with Gasteiger partial charge >= 0.3 is 0 Å². The first-order chi connectivity index (χ1) is 13.0. The van der Waals surface area contributed by atoms with Crippen molar-refractivity contribution < 1.29 is 18.5 Å². The van der Waals surface area contributed by atoms with Crippen molar-refractivity contribution in [2.45, 2.75) is 19.0 Å². The highest BCUT2D eigenvalue weighted by molar-refractivity contribution is 7.10. The summed E-state index contributed by atoms with van der Waals surface area (Å²) in [4.78, 5) is 27.7. The Bertz CT molecular complexity index is 969. The Kier molecular flexibility index (Phi) is 4.49. The Morgan fingerprint density at radius 1 is 1.33 bits per heavy atom. The van der Waals surface area contributed by atoms with Gasteiger partial charge in [-0.25, -0.2) is 4.39 Å². The number of nitrogens with zero attached hydrogens (tertiary/aromatic N) is 2. The van der Waals surface area contributed by atoms with Crippen LogP contribution in [0.1, 0.15) is 28.3 Å². The van der Waals surface area contributed by atoms with Gasteiger partial charge in [-0.3, -0.25) is 9.59 Å². The summed E-state index contributed by atoms with van der Waals surface area (Å²) >= 11 is 1.53. The number of carbonyl (C=O) groups is 2. The van der Waals surface area contributed by atoms with Crippen LogP contribution in [0.4, 0.5) is 4.39 Å². The van der Waals surface area contributed by atoms with Gasteiger partial charge in [0.15, 0.2) is 11.5 Å². The first-order valence-corrected chi connectivity index (χ1v) is 9.28. The van der Waals surface area contributed by atoms with Crippen molar-refractivity contribution in [2.75, 3.05) is 6.54 Å². The third-order valence-corrected chi connectivity index (χ3v) is 5.53. The van der Waals surface area contributed by atoms with Gasteiger partial charge in [-0.2, -0.15) is 0 Å². The van der Waals surface area contributed by atoms with Crippen molar-refractivity contribution in [3.05, 3.63) is 64.2 Å². The molecule has 0 bridgehead atoms. The second-order valence-electron chi connectivity index (χ2n) is 6.29. The van der Waals surface area contributed by atoms with E-state index in [0.29, 0.717) is 17.9 Å². The molecular weight excluding hydrogens is 369 g/mol. The molecule has 1 saturated heterocycles. The molecule has 1 aromatic carbocycles. The fourth-order valence-corrected chi connectivity index (χ4v) is 3.79. The second kappa shape index (κ2) is 6.96. The number of rotatable bonds is 3. The maximum atomic E-state index is 13.1. The lowest BCUT2D eigenvalue weighted by atomic mass is 10.1. The Morgan fingerprint density at radius 3 is 2.81 bits per heavy atom. The van der Waals surface area contributed by atoms with E-state index in [1.54, 1.807) is 19.1 Å². The number of thiophene rings is 1. The molecule has 0 aliphatic carbocycles. The van der Waals surface area contributed by atoms with Crippen molar-refractivity contribution >= 4 is 23.2 Å². The van der Waals surface area contributed by atoms with Gasteiger partial charge in [-0.1, -0.05) is 11.2 Å². The van der Waals surface area contributed by atoms with Crippen LogP contribution in [0.25, 0.3) is 11.3 Å². The lowest BCUT2D eigenvalue weighted by molar-refractivity contribution is -0.128. The topological polar surface area (TPSA) is 75.4 Å². The Hall–Kier alpha value is -3.00. The number of piperazine rings is 1. The third-order valence-electron chi connectivity index (χ3n) is 4.55. The number of carbonyl (C=O) groups excluding carboxylic acids is 2. The van der Waals surface area contributed by atoms with E-state index in [-0.39, 0.29) is 29.4 Å². The molecule has 27 heavy (non-hydrogen) atoms. The molecule has 1 unspecified atom stereocenters. The summed E-state index contributed by atoms with van der Waals surface area (Å²) in [5.74, 6) is -0.587. The van der Waals surface area contributed by atoms with Gasteiger partial charge in [0, 0.05) is 23.1 Å². The zero-order valence-electron chi connectivity index (χ0n) is 14.4. The average Bonchev–Trinajstić information content (AvgIpc) is 3.36. The Balaban J connectivity index is 1.57. The summed E-state index contributed by atoms with van der Waals surface area (Å²) in [5.41, 5.74) is 0.727. The smallest absolute Gasteiger partial charge is 0.276 e. The van der Waals surface area contributed by atoms with Crippen LogP contribution in [0.5, 0.6) is 0 Å². The molecule has 8 heteroatoms. The van der Waals surface area contributed by atoms with Crippen molar-refractivity contribution in [1.82, 2.24) is 15.4 Å². The lowest BCUT2D eigenvalue weighted by Gasteiger charge is -2.37. The first-order valence-electron chi connectivity index (χ1n) is 8.40. The molecule has 2 atom stereocenters. The van der Waals surface area contributed by atoms with Gasteiger partial charge in [0.2, 0.25) is 5.91 Å². The minimum Gasteiger partial charge on any atom is -0.355 e. The minimum absolute atomic E-state index is 0.112. The van der Waals surface area contributed by atoms with Crippen molar-refractivity contribution in [1.29, 1.82) is 0 Å². The molecule has 0 radical (unpaired) electrons. The molecule has 1 aliphatic rings. The fraction of sp³-hybridized carbons (Fsp3) is 0.211. The van der Waals surface area contributed by atoms with E-state index >= 15 is 0 Å². The average molecular weight is 385 g/mol. The van der Waals surface area contributed by atoms with Crippen LogP contribution in [0.15, 0.2) is 52.4 Å². The van der Waals surface area contributed by atoms with Gasteiger partial charge in [0.25, 0.3) is 5.91 Å². The Labute approximate surface area is 158 Å². The van der Waals surface area contributed by atoms with Crippen LogP contribution in [0.2, 0.25) is 0 Å². The van der Waals surface area contributed by atoms with Crippen LogP contribution >= 0.6 is 11.3 Å². The monoisotopic (exact) mass is 385 g/mol. The summed E-state index contributed by atoms with van der Waals surface area (Å²) in [7, 11) is 0. The molecule has 0 saturated carbocycles. The van der Waals surface area contributed by atoms with E-state index in [1.807, 2.05) is 17.5 Å². The molecule has 3 heterocycles. The van der Waals surface area contributed by atoms with Crippen molar-refractivity contribution in [2.24, 2.45) is 0 Å². The molecule has 1 aliphatic heterocycles. The highest BCUT2D eigenvalue weighted by Gasteiger charge is 2.36. The summed E-state index contributed by atoms with van der Waals surface area (Å²) in [6.45, 7) is 2.03. The number of amides is 2. The predicted molar refractivity (Wildman–Crippen MR) is 97.6 cm³/mol. The molecule has 2 aromatic heterocycles. The van der Waals surface area contributed by atoms with Crippen LogP contribution < -0.4 is 5.32 Å². The van der Waals surface area contributed by atoms with Gasteiger partial charge in [-0.05, 0) is 42.6 Å². The number of halogens is 1. The molecule has 4 rings (SSSR count). The summed E-state index contributed by atoms with van der Waals surface area (Å²) in [6.07, 6.45) is 0. The van der Waals surface area contributed by atoms with Crippen molar-refractivity contribution in [3.63, 3.8) is 0 Å². The predicted octanol–water partition coefficient (Wildman–Crippen LogP) is 3.24. The highest BCUT2D eigenvalue weighted by atomic mass is 32.1. The zero-order valence-corrected chi connectivity index (χ0v) is 15.2. The molecule has 6 nitrogen and oxygen atoms in total. The van der Waals surface area contributed by atoms with Crippen molar-refractivity contribution in [3.8, 4) is 11.3 Å². The van der Waals surface area contributed by atoms with Crippen LogP contribution in [-0.4, -0.2) is 34.5 Å². The van der Waals surface area contributed by atoms with Gasteiger partial charge in [0.1, 0.15) is 11.9 Å². The van der Waals surface area contributed by atoms with Gasteiger partial charge in [-0.15, -0.1) is 11.3 Å². The standard InChI is InChI=1S/C19H16FN3O3S/c1-11-18(24)21-15(17-3-2-8-27-17)10-23(11)19(25)14-9-16(26-22-14)12-4-6-13(20)7-5-12/h2-9,11,15H,10H2,1H3,(H,21,24)/t11?,15-/m0/s1. The highest BCUT2D eigenvalue weighted by Crippen LogP contribution is 2.26. The maximum Gasteiger partial charge on any atom is 0.276 e. The molecular formula is C19H16FN3O3S. The van der Waals surface area contributed by atoms with E-state index in [1.165, 1.54) is 34.4 Å². The fourth-order valence-electron chi connectivity index (χ4n) is 3.02. The molecule has 0 spiro atoms. The zero-order chi connectivity index (χ0) is 19.0. The normalized spacial score (nSPS) is 19.8. The Morgan fingerprint density at radius 2 is 2.11 bits per heavy atom. The number of aromatic nitrogens is 1. The van der Waals surface area contributed by atoms with E-state index in [0.717, 1.165) is 4.88 Å². The minimum atomic E-state index is -0.611. The number of benzene rings is 1. The molecule has 2 amide bonds. The van der Waals surface area contributed by atoms with Gasteiger partial charge < -0.3 is 14.7 Å². The molecule has 138 valence electrons.